The number of nitrogens with one attached hydrogen (secondary N) is 1. The standard InChI is InChI=1S/C20H25F5N4O/c1-10(13(17(27)30)9-20(23,24)25)12-2-3-14-15(8-12)29-18(28-14)16(26)11-4-6-19(21,22)7-5-11/h2-3,8,10-11,13,16H,4-7,9,26H2,1H3,(H2,27,30)(H,28,29)/t10-,13?,16-/m0/s1. The monoisotopic (exact) mass is 432 g/mol. The van der Waals surface area contributed by atoms with Gasteiger partial charge in [-0.15, -0.1) is 0 Å². The average Bonchev–Trinajstić information content (AvgIpc) is 3.07. The zero-order valence-electron chi connectivity index (χ0n) is 16.5. The molecule has 0 radical (unpaired) electrons. The van der Waals surface area contributed by atoms with Gasteiger partial charge in [0.1, 0.15) is 5.82 Å². The molecule has 0 aliphatic heterocycles. The van der Waals surface area contributed by atoms with Crippen LogP contribution in [0.3, 0.4) is 0 Å². The Morgan fingerprint density at radius 1 is 1.30 bits per heavy atom. The summed E-state index contributed by atoms with van der Waals surface area (Å²) in [6.07, 6.45) is -5.63. The molecule has 5 N–H and O–H groups in total. The van der Waals surface area contributed by atoms with E-state index < -0.39 is 42.3 Å². The van der Waals surface area contributed by atoms with Crippen LogP contribution in [0.2, 0.25) is 0 Å². The number of H-pyrrole nitrogens is 1. The van der Waals surface area contributed by atoms with Gasteiger partial charge >= 0.3 is 6.18 Å². The maximum atomic E-state index is 13.4. The molecule has 0 saturated heterocycles. The van der Waals surface area contributed by atoms with Crippen LogP contribution in [0.5, 0.6) is 0 Å². The first kappa shape index (κ1) is 22.5. The normalized spacial score (nSPS) is 20.8. The Bertz CT molecular complexity index is 900. The number of carbonyl (C=O) groups excluding carboxylic acids is 1. The van der Waals surface area contributed by atoms with Crippen LogP contribution < -0.4 is 11.5 Å². The van der Waals surface area contributed by atoms with Crippen LogP contribution in [-0.4, -0.2) is 28.0 Å². The van der Waals surface area contributed by atoms with Crippen LogP contribution in [0, 0.1) is 11.8 Å². The number of benzene rings is 1. The molecule has 1 fully saturated rings. The number of alkyl halides is 5. The summed E-state index contributed by atoms with van der Waals surface area (Å²) in [6.45, 7) is 1.52. The van der Waals surface area contributed by atoms with Crippen LogP contribution in [0.4, 0.5) is 22.0 Å². The molecule has 166 valence electrons. The van der Waals surface area contributed by atoms with Gasteiger partial charge in [-0.25, -0.2) is 13.8 Å². The van der Waals surface area contributed by atoms with E-state index in [0.29, 0.717) is 35.3 Å². The van der Waals surface area contributed by atoms with E-state index in [9.17, 15) is 26.7 Å². The summed E-state index contributed by atoms with van der Waals surface area (Å²) in [6, 6.07) is 4.33. The zero-order valence-corrected chi connectivity index (χ0v) is 16.5. The number of carbonyl (C=O) groups is 1. The van der Waals surface area contributed by atoms with Crippen LogP contribution in [-0.2, 0) is 4.79 Å². The highest BCUT2D eigenvalue weighted by atomic mass is 19.4. The number of aromatic nitrogens is 2. The van der Waals surface area contributed by atoms with Gasteiger partial charge in [0, 0.05) is 12.8 Å². The lowest BCUT2D eigenvalue weighted by Crippen LogP contribution is -2.32. The molecule has 0 bridgehead atoms. The molecule has 1 aliphatic carbocycles. The number of rotatable bonds is 6. The molecule has 1 amide bonds. The molecule has 30 heavy (non-hydrogen) atoms. The second kappa shape index (κ2) is 8.13. The molecule has 1 aromatic heterocycles. The van der Waals surface area contributed by atoms with Crippen molar-refractivity contribution in [2.75, 3.05) is 0 Å². The second-order valence-corrected chi connectivity index (χ2v) is 8.23. The number of hydrogen-bond donors (Lipinski definition) is 3. The lowest BCUT2D eigenvalue weighted by atomic mass is 9.82. The molecule has 1 aliphatic rings. The van der Waals surface area contributed by atoms with Crippen LogP contribution in [0.25, 0.3) is 11.0 Å². The van der Waals surface area contributed by atoms with Gasteiger partial charge < -0.3 is 16.5 Å². The van der Waals surface area contributed by atoms with Crippen LogP contribution in [0.1, 0.15) is 62.4 Å². The van der Waals surface area contributed by atoms with E-state index in [2.05, 4.69) is 9.97 Å². The van der Waals surface area contributed by atoms with Crippen molar-refractivity contribution in [3.05, 3.63) is 29.6 Å². The Labute approximate surface area is 170 Å². The zero-order chi connectivity index (χ0) is 22.3. The first-order valence-electron chi connectivity index (χ1n) is 9.85. The Balaban J connectivity index is 1.81. The third kappa shape index (κ3) is 5.08. The fraction of sp³-hybridized carbons (Fsp3) is 0.600. The quantitative estimate of drug-likeness (QED) is 0.585. The van der Waals surface area contributed by atoms with E-state index in [1.54, 1.807) is 18.2 Å². The maximum Gasteiger partial charge on any atom is 0.389 e. The summed E-state index contributed by atoms with van der Waals surface area (Å²) in [5.74, 6) is -5.49. The molecule has 2 aromatic rings. The molecular weight excluding hydrogens is 407 g/mol. The number of imidazole rings is 1. The minimum atomic E-state index is -4.51. The van der Waals surface area contributed by atoms with E-state index in [0.717, 1.165) is 0 Å². The summed E-state index contributed by atoms with van der Waals surface area (Å²) >= 11 is 0. The van der Waals surface area contributed by atoms with Gasteiger partial charge in [0.05, 0.1) is 29.4 Å². The molecule has 3 atom stereocenters. The van der Waals surface area contributed by atoms with Crippen molar-refractivity contribution in [1.29, 1.82) is 0 Å². The maximum absolute atomic E-state index is 13.4. The van der Waals surface area contributed by atoms with Crippen molar-refractivity contribution in [3.63, 3.8) is 0 Å². The highest BCUT2D eigenvalue weighted by Crippen LogP contribution is 2.40. The number of nitrogens with zero attached hydrogens (tertiary/aromatic N) is 1. The number of hydrogen-bond acceptors (Lipinski definition) is 3. The van der Waals surface area contributed by atoms with E-state index in [-0.39, 0.29) is 18.8 Å². The van der Waals surface area contributed by atoms with E-state index in [4.69, 9.17) is 11.5 Å². The van der Waals surface area contributed by atoms with Gasteiger partial charge in [0.25, 0.3) is 0 Å². The predicted molar refractivity (Wildman–Crippen MR) is 102 cm³/mol. The van der Waals surface area contributed by atoms with Crippen molar-refractivity contribution < 1.29 is 26.7 Å². The van der Waals surface area contributed by atoms with Crippen molar-refractivity contribution >= 4 is 16.9 Å². The number of nitrogens with two attached hydrogens (primary N) is 2. The largest absolute Gasteiger partial charge is 0.389 e. The third-order valence-corrected chi connectivity index (χ3v) is 6.06. The van der Waals surface area contributed by atoms with Gasteiger partial charge in [-0.3, -0.25) is 4.79 Å². The third-order valence-electron chi connectivity index (χ3n) is 6.06. The number of halogens is 5. The molecular formula is C20H25F5N4O. The van der Waals surface area contributed by atoms with Gasteiger partial charge in [0.15, 0.2) is 0 Å². The highest BCUT2D eigenvalue weighted by Gasteiger charge is 2.39. The summed E-state index contributed by atoms with van der Waals surface area (Å²) in [7, 11) is 0. The van der Waals surface area contributed by atoms with E-state index >= 15 is 0 Å². The van der Waals surface area contributed by atoms with Gasteiger partial charge in [-0.2, -0.15) is 13.2 Å². The topological polar surface area (TPSA) is 97.8 Å². The number of aromatic amines is 1. The number of primary amides is 1. The van der Waals surface area contributed by atoms with Gasteiger partial charge in [0.2, 0.25) is 11.8 Å². The van der Waals surface area contributed by atoms with Crippen molar-refractivity contribution in [2.45, 2.75) is 63.1 Å². The number of amides is 1. The van der Waals surface area contributed by atoms with Gasteiger partial charge in [-0.05, 0) is 42.4 Å². The van der Waals surface area contributed by atoms with E-state index in [1.807, 2.05) is 0 Å². The summed E-state index contributed by atoms with van der Waals surface area (Å²) in [5.41, 5.74) is 13.1. The lowest BCUT2D eigenvalue weighted by molar-refractivity contribution is -0.154. The minimum absolute atomic E-state index is 0.130. The van der Waals surface area contributed by atoms with Crippen molar-refractivity contribution in [1.82, 2.24) is 9.97 Å². The molecule has 3 rings (SSSR count). The van der Waals surface area contributed by atoms with Crippen LogP contribution >= 0.6 is 0 Å². The first-order chi connectivity index (χ1) is 13.9. The van der Waals surface area contributed by atoms with Gasteiger partial charge in [-0.1, -0.05) is 13.0 Å². The summed E-state index contributed by atoms with van der Waals surface area (Å²) < 4.78 is 65.3. The molecule has 0 spiro atoms. The summed E-state index contributed by atoms with van der Waals surface area (Å²) in [5, 5.41) is 0. The molecule has 1 unspecified atom stereocenters. The lowest BCUT2D eigenvalue weighted by Gasteiger charge is -2.31. The second-order valence-electron chi connectivity index (χ2n) is 8.23. The molecule has 10 heteroatoms. The Morgan fingerprint density at radius 2 is 1.93 bits per heavy atom. The SMILES string of the molecule is C[C@@H](c1ccc2nc([C@@H](N)C3CCC(F)(F)CC3)[nH]c2c1)C(CC(F)(F)F)C(N)=O. The minimum Gasteiger partial charge on any atom is -0.369 e. The predicted octanol–water partition coefficient (Wildman–Crippen LogP) is 4.55. The fourth-order valence-corrected chi connectivity index (χ4v) is 4.14. The summed E-state index contributed by atoms with van der Waals surface area (Å²) in [4.78, 5) is 19.1. The Morgan fingerprint density at radius 3 is 2.50 bits per heavy atom. The molecule has 1 aromatic carbocycles. The Hall–Kier alpha value is -2.23. The molecule has 1 saturated carbocycles. The first-order valence-corrected chi connectivity index (χ1v) is 9.85. The fourth-order valence-electron chi connectivity index (χ4n) is 4.14. The van der Waals surface area contributed by atoms with Crippen molar-refractivity contribution in [2.24, 2.45) is 23.3 Å². The van der Waals surface area contributed by atoms with Crippen LogP contribution in [0.15, 0.2) is 18.2 Å². The molecule has 1 heterocycles. The Kier molecular flexibility index (Phi) is 6.08. The average molecular weight is 432 g/mol. The van der Waals surface area contributed by atoms with Crippen molar-refractivity contribution in [3.8, 4) is 0 Å². The highest BCUT2D eigenvalue weighted by molar-refractivity contribution is 5.79. The number of fused-ring (bicyclic) bond motifs is 1. The molecule has 5 nitrogen and oxygen atoms in total. The smallest absolute Gasteiger partial charge is 0.369 e. The van der Waals surface area contributed by atoms with E-state index in [1.165, 1.54) is 6.92 Å².